The number of fused-ring (bicyclic) bond motifs is 1. The van der Waals surface area contributed by atoms with E-state index in [2.05, 4.69) is 10.2 Å². The van der Waals surface area contributed by atoms with E-state index in [9.17, 15) is 9.59 Å². The summed E-state index contributed by atoms with van der Waals surface area (Å²) in [6, 6.07) is 9.21. The lowest BCUT2D eigenvalue weighted by molar-refractivity contribution is -0.133. The Morgan fingerprint density at radius 2 is 1.82 bits per heavy atom. The number of hydrogen-bond acceptors (Lipinski definition) is 5. The minimum absolute atomic E-state index is 0.0424. The van der Waals surface area contributed by atoms with Gasteiger partial charge in [0.25, 0.3) is 5.56 Å². The number of aromatic nitrogens is 4. The molecule has 1 aliphatic heterocycles. The van der Waals surface area contributed by atoms with Crippen molar-refractivity contribution in [1.29, 1.82) is 0 Å². The first kappa shape index (κ1) is 18.2. The molecule has 1 aromatic carbocycles. The predicted octanol–water partition coefficient (Wildman–Crippen LogP) is 1.89. The molecule has 1 saturated heterocycles. The SMILES string of the molecule is COc1ccc(-c2cc3c(=O)n(CC(=O)N4CCCCC4)nc(C)n3n2)cc1. The Morgan fingerprint density at radius 3 is 2.50 bits per heavy atom. The monoisotopic (exact) mass is 381 g/mol. The van der Waals surface area contributed by atoms with E-state index in [-0.39, 0.29) is 18.0 Å². The molecule has 28 heavy (non-hydrogen) atoms. The van der Waals surface area contributed by atoms with E-state index in [4.69, 9.17) is 4.74 Å². The zero-order valence-electron chi connectivity index (χ0n) is 16.1. The van der Waals surface area contributed by atoms with Gasteiger partial charge in [-0.2, -0.15) is 10.2 Å². The number of carbonyl (C=O) groups excluding carboxylic acids is 1. The molecule has 4 rings (SSSR count). The van der Waals surface area contributed by atoms with Gasteiger partial charge in [0.1, 0.15) is 23.6 Å². The van der Waals surface area contributed by atoms with E-state index in [1.807, 2.05) is 29.2 Å². The van der Waals surface area contributed by atoms with E-state index < -0.39 is 0 Å². The van der Waals surface area contributed by atoms with Gasteiger partial charge in [-0.25, -0.2) is 9.20 Å². The maximum absolute atomic E-state index is 12.9. The summed E-state index contributed by atoms with van der Waals surface area (Å²) in [6.07, 6.45) is 3.18. The van der Waals surface area contributed by atoms with Crippen molar-refractivity contribution in [2.75, 3.05) is 20.2 Å². The summed E-state index contributed by atoms with van der Waals surface area (Å²) in [6.45, 7) is 3.24. The number of ether oxygens (including phenoxy) is 1. The van der Waals surface area contributed by atoms with Crippen LogP contribution in [-0.2, 0) is 11.3 Å². The highest BCUT2D eigenvalue weighted by molar-refractivity contribution is 5.76. The molecule has 0 N–H and O–H groups in total. The fraction of sp³-hybridized carbons (Fsp3) is 0.400. The molecule has 3 heterocycles. The summed E-state index contributed by atoms with van der Waals surface area (Å²) in [7, 11) is 1.61. The van der Waals surface area contributed by atoms with Gasteiger partial charge in [-0.3, -0.25) is 9.59 Å². The topological polar surface area (TPSA) is 81.7 Å². The zero-order chi connectivity index (χ0) is 19.7. The summed E-state index contributed by atoms with van der Waals surface area (Å²) in [5.74, 6) is 1.25. The summed E-state index contributed by atoms with van der Waals surface area (Å²) in [5.41, 5.74) is 1.64. The maximum Gasteiger partial charge on any atom is 0.293 e. The number of piperidine rings is 1. The van der Waals surface area contributed by atoms with Gasteiger partial charge in [-0.05, 0) is 56.5 Å². The van der Waals surface area contributed by atoms with Crippen LogP contribution in [0.25, 0.3) is 16.8 Å². The summed E-state index contributed by atoms with van der Waals surface area (Å²) >= 11 is 0. The highest BCUT2D eigenvalue weighted by Gasteiger charge is 2.19. The Kier molecular flexibility index (Phi) is 4.85. The van der Waals surface area contributed by atoms with Crippen molar-refractivity contribution >= 4 is 11.4 Å². The van der Waals surface area contributed by atoms with Gasteiger partial charge in [-0.1, -0.05) is 0 Å². The van der Waals surface area contributed by atoms with Gasteiger partial charge >= 0.3 is 0 Å². The zero-order valence-corrected chi connectivity index (χ0v) is 16.1. The van der Waals surface area contributed by atoms with Crippen LogP contribution in [0.3, 0.4) is 0 Å². The van der Waals surface area contributed by atoms with E-state index in [1.165, 1.54) is 9.20 Å². The fourth-order valence-corrected chi connectivity index (χ4v) is 3.56. The lowest BCUT2D eigenvalue weighted by Crippen LogP contribution is -2.40. The largest absolute Gasteiger partial charge is 0.497 e. The van der Waals surface area contributed by atoms with Crippen LogP contribution in [0.5, 0.6) is 5.75 Å². The van der Waals surface area contributed by atoms with E-state index >= 15 is 0 Å². The van der Waals surface area contributed by atoms with Crippen molar-refractivity contribution in [1.82, 2.24) is 24.3 Å². The van der Waals surface area contributed by atoms with Gasteiger partial charge in [-0.15, -0.1) is 0 Å². The van der Waals surface area contributed by atoms with Crippen molar-refractivity contribution < 1.29 is 9.53 Å². The summed E-state index contributed by atoms with van der Waals surface area (Å²) < 4.78 is 7.96. The van der Waals surface area contributed by atoms with Gasteiger partial charge in [0, 0.05) is 18.7 Å². The molecular weight excluding hydrogens is 358 g/mol. The van der Waals surface area contributed by atoms with Crippen LogP contribution < -0.4 is 10.3 Å². The lowest BCUT2D eigenvalue weighted by Gasteiger charge is -2.26. The first-order valence-corrected chi connectivity index (χ1v) is 9.46. The fourth-order valence-electron chi connectivity index (χ4n) is 3.56. The first-order chi connectivity index (χ1) is 13.6. The number of hydrogen-bond donors (Lipinski definition) is 0. The molecule has 0 bridgehead atoms. The molecule has 1 amide bonds. The van der Waals surface area contributed by atoms with Gasteiger partial charge < -0.3 is 9.64 Å². The molecule has 0 spiro atoms. The number of nitrogens with zero attached hydrogens (tertiary/aromatic N) is 5. The van der Waals surface area contributed by atoms with Crippen molar-refractivity contribution in [2.45, 2.75) is 32.7 Å². The summed E-state index contributed by atoms with van der Waals surface area (Å²) in [4.78, 5) is 27.3. The minimum atomic E-state index is -0.316. The molecule has 146 valence electrons. The van der Waals surface area contributed by atoms with Crippen LogP contribution in [0.15, 0.2) is 35.1 Å². The van der Waals surface area contributed by atoms with Crippen molar-refractivity contribution in [3.8, 4) is 17.0 Å². The first-order valence-electron chi connectivity index (χ1n) is 9.46. The van der Waals surface area contributed by atoms with Crippen LogP contribution in [-0.4, -0.2) is 50.4 Å². The van der Waals surface area contributed by atoms with E-state index in [0.717, 1.165) is 43.7 Å². The number of likely N-dealkylation sites (tertiary alicyclic amines) is 1. The average molecular weight is 381 g/mol. The molecule has 2 aromatic heterocycles. The molecule has 1 aliphatic rings. The van der Waals surface area contributed by atoms with Crippen LogP contribution in [0.1, 0.15) is 25.1 Å². The molecule has 3 aromatic rings. The third-order valence-electron chi connectivity index (χ3n) is 5.11. The summed E-state index contributed by atoms with van der Waals surface area (Å²) in [5, 5.41) is 8.82. The molecule has 0 radical (unpaired) electrons. The minimum Gasteiger partial charge on any atom is -0.497 e. The Balaban J connectivity index is 1.67. The van der Waals surface area contributed by atoms with Crippen LogP contribution in [0.2, 0.25) is 0 Å². The molecule has 0 saturated carbocycles. The van der Waals surface area contributed by atoms with Gasteiger partial charge in [0.15, 0.2) is 0 Å². The molecule has 0 aliphatic carbocycles. The van der Waals surface area contributed by atoms with E-state index in [1.54, 1.807) is 20.1 Å². The third kappa shape index (κ3) is 3.37. The second kappa shape index (κ2) is 7.46. The molecular formula is C20H23N5O3. The molecule has 1 fully saturated rings. The van der Waals surface area contributed by atoms with E-state index in [0.29, 0.717) is 17.0 Å². The number of carbonyl (C=O) groups is 1. The molecule has 8 heteroatoms. The molecule has 0 atom stereocenters. The maximum atomic E-state index is 12.9. The average Bonchev–Trinajstić information content (AvgIpc) is 3.19. The lowest BCUT2D eigenvalue weighted by atomic mass is 10.1. The number of methoxy groups -OCH3 is 1. The highest BCUT2D eigenvalue weighted by atomic mass is 16.5. The predicted molar refractivity (Wildman–Crippen MR) is 104 cm³/mol. The van der Waals surface area contributed by atoms with Crippen molar-refractivity contribution in [3.63, 3.8) is 0 Å². The third-order valence-corrected chi connectivity index (χ3v) is 5.11. The number of benzene rings is 1. The Hall–Kier alpha value is -3.16. The van der Waals surface area contributed by atoms with Gasteiger partial charge in [0.05, 0.1) is 12.8 Å². The second-order valence-electron chi connectivity index (χ2n) is 7.01. The number of amides is 1. The molecule has 8 nitrogen and oxygen atoms in total. The van der Waals surface area contributed by atoms with Crippen LogP contribution in [0.4, 0.5) is 0 Å². The Labute approximate surface area is 162 Å². The molecule has 0 unspecified atom stereocenters. The highest BCUT2D eigenvalue weighted by Crippen LogP contribution is 2.22. The van der Waals surface area contributed by atoms with Crippen LogP contribution in [0, 0.1) is 6.92 Å². The standard InChI is InChI=1S/C20H23N5O3/c1-14-21-24(13-19(26)23-10-4-3-5-11-23)20(27)18-12-17(22-25(14)18)15-6-8-16(28-2)9-7-15/h6-9,12H,3-5,10-11,13H2,1-2H3. The Bertz CT molecular complexity index is 1060. The number of rotatable bonds is 4. The van der Waals surface area contributed by atoms with Gasteiger partial charge in [0.2, 0.25) is 5.91 Å². The van der Waals surface area contributed by atoms with Crippen molar-refractivity contribution in [3.05, 3.63) is 46.5 Å². The number of aryl methyl sites for hydroxylation is 1. The quantitative estimate of drug-likeness (QED) is 0.689. The van der Waals surface area contributed by atoms with Crippen molar-refractivity contribution in [2.24, 2.45) is 0 Å². The second-order valence-corrected chi connectivity index (χ2v) is 7.01. The van der Waals surface area contributed by atoms with Crippen LogP contribution >= 0.6 is 0 Å². The smallest absolute Gasteiger partial charge is 0.293 e. The Morgan fingerprint density at radius 1 is 1.11 bits per heavy atom. The normalized spacial score (nSPS) is 14.4.